The molecule has 5 nitrogen and oxygen atoms in total. The lowest BCUT2D eigenvalue weighted by molar-refractivity contribution is 0.593. The van der Waals surface area contributed by atoms with Gasteiger partial charge in [-0.15, -0.1) is 0 Å². The van der Waals surface area contributed by atoms with Crippen molar-refractivity contribution in [2.24, 2.45) is 0 Å². The second kappa shape index (κ2) is 8.65. The van der Waals surface area contributed by atoms with Gasteiger partial charge in [-0.3, -0.25) is 4.98 Å². The van der Waals surface area contributed by atoms with Crippen molar-refractivity contribution < 1.29 is 12.8 Å². The molecule has 0 unspecified atom stereocenters. The number of fused-ring (bicyclic) bond motifs is 1. The van der Waals surface area contributed by atoms with E-state index >= 15 is 0 Å². The summed E-state index contributed by atoms with van der Waals surface area (Å²) in [5.41, 5.74) is 2.16. The molecule has 0 saturated carbocycles. The fraction of sp³-hybridized carbons (Fsp3) is 0.160. The minimum Gasteiger partial charge on any atom is -0.368 e. The summed E-state index contributed by atoms with van der Waals surface area (Å²) in [4.78, 5) is 8.80. The van der Waals surface area contributed by atoms with Crippen molar-refractivity contribution in [2.45, 2.75) is 9.79 Å². The van der Waals surface area contributed by atoms with Crippen LogP contribution in [0.3, 0.4) is 0 Å². The fourth-order valence-electron chi connectivity index (χ4n) is 4.22. The number of pyridine rings is 1. The fourth-order valence-corrected chi connectivity index (χ4v) is 5.78. The van der Waals surface area contributed by atoms with E-state index in [0.29, 0.717) is 47.8 Å². The maximum absolute atomic E-state index is 14.2. The van der Waals surface area contributed by atoms with E-state index in [2.05, 4.69) is 22.0 Å². The molecule has 8 heteroatoms. The number of piperazine rings is 1. The average Bonchev–Trinajstić information content (AvgIpc) is 2.84. The number of benzene rings is 3. The maximum Gasteiger partial charge on any atom is 0.210 e. The Morgan fingerprint density at radius 3 is 2.21 bits per heavy atom. The van der Waals surface area contributed by atoms with Crippen LogP contribution in [0.5, 0.6) is 0 Å². The highest BCUT2D eigenvalue weighted by Gasteiger charge is 2.29. The second-order valence-electron chi connectivity index (χ2n) is 7.90. The normalized spacial score (nSPS) is 14.6. The van der Waals surface area contributed by atoms with Crippen molar-refractivity contribution in [3.05, 3.63) is 89.8 Å². The van der Waals surface area contributed by atoms with Gasteiger partial charge >= 0.3 is 0 Å². The Balaban J connectivity index is 1.60. The number of aromatic nitrogens is 1. The Kier molecular flexibility index (Phi) is 5.68. The summed E-state index contributed by atoms with van der Waals surface area (Å²) >= 11 is 5.96. The minimum atomic E-state index is -3.90. The van der Waals surface area contributed by atoms with Crippen molar-refractivity contribution in [2.75, 3.05) is 36.0 Å². The summed E-state index contributed by atoms with van der Waals surface area (Å²) in [7, 11) is -3.90. The molecule has 0 aliphatic carbocycles. The van der Waals surface area contributed by atoms with E-state index in [0.717, 1.165) is 5.69 Å². The Morgan fingerprint density at radius 1 is 0.848 bits per heavy atom. The highest BCUT2D eigenvalue weighted by atomic mass is 35.5. The molecule has 33 heavy (non-hydrogen) atoms. The largest absolute Gasteiger partial charge is 0.368 e. The first-order valence-corrected chi connectivity index (χ1v) is 12.4. The van der Waals surface area contributed by atoms with E-state index in [1.807, 2.05) is 23.1 Å². The van der Waals surface area contributed by atoms with Gasteiger partial charge in [0.05, 0.1) is 16.1 Å². The Bertz CT molecular complexity index is 1410. The van der Waals surface area contributed by atoms with Crippen LogP contribution in [0.1, 0.15) is 0 Å². The highest BCUT2D eigenvalue weighted by molar-refractivity contribution is 7.91. The van der Waals surface area contributed by atoms with Crippen LogP contribution in [-0.2, 0) is 9.84 Å². The van der Waals surface area contributed by atoms with E-state index in [4.69, 9.17) is 11.6 Å². The SMILES string of the molecule is O=S(=O)(c1ccc(Cl)cc1)c1cnc2ccc(F)cc2c1N1CCN(c2ccccc2)CC1. The first-order valence-electron chi connectivity index (χ1n) is 10.6. The van der Waals surface area contributed by atoms with E-state index in [9.17, 15) is 12.8 Å². The smallest absolute Gasteiger partial charge is 0.210 e. The van der Waals surface area contributed by atoms with Crippen LogP contribution in [0, 0.1) is 5.82 Å². The lowest BCUT2D eigenvalue weighted by Crippen LogP contribution is -2.47. The molecule has 1 aromatic heterocycles. The first-order chi connectivity index (χ1) is 15.9. The molecule has 3 aromatic carbocycles. The predicted octanol–water partition coefficient (Wildman–Crippen LogP) is 5.19. The zero-order valence-electron chi connectivity index (χ0n) is 17.7. The summed E-state index contributed by atoms with van der Waals surface area (Å²) in [6.07, 6.45) is 1.38. The molecule has 0 atom stereocenters. The summed E-state index contributed by atoms with van der Waals surface area (Å²) in [6, 6.07) is 20.4. The van der Waals surface area contributed by atoms with Crippen molar-refractivity contribution in [1.29, 1.82) is 0 Å². The topological polar surface area (TPSA) is 53.5 Å². The molecule has 0 N–H and O–H groups in total. The summed E-state index contributed by atoms with van der Waals surface area (Å²) in [5.74, 6) is -0.436. The van der Waals surface area contributed by atoms with Crippen molar-refractivity contribution in [1.82, 2.24) is 4.98 Å². The zero-order valence-corrected chi connectivity index (χ0v) is 19.2. The number of hydrogen-bond donors (Lipinski definition) is 0. The van der Waals surface area contributed by atoms with Gasteiger partial charge in [0.25, 0.3) is 0 Å². The average molecular weight is 482 g/mol. The van der Waals surface area contributed by atoms with Gasteiger partial charge < -0.3 is 9.80 Å². The van der Waals surface area contributed by atoms with Gasteiger partial charge in [0, 0.05) is 48.5 Å². The summed E-state index contributed by atoms with van der Waals surface area (Å²) in [5, 5.41) is 0.933. The summed E-state index contributed by atoms with van der Waals surface area (Å²) in [6.45, 7) is 2.61. The molecule has 168 valence electrons. The molecular weight excluding hydrogens is 461 g/mol. The van der Waals surface area contributed by atoms with E-state index in [1.54, 1.807) is 18.2 Å². The van der Waals surface area contributed by atoms with Crippen LogP contribution in [0.4, 0.5) is 15.8 Å². The van der Waals surface area contributed by atoms with E-state index < -0.39 is 15.7 Å². The summed E-state index contributed by atoms with van der Waals surface area (Å²) < 4.78 is 41.5. The van der Waals surface area contributed by atoms with Gasteiger partial charge in [-0.25, -0.2) is 12.8 Å². The molecule has 2 heterocycles. The maximum atomic E-state index is 14.2. The molecule has 1 fully saturated rings. The highest BCUT2D eigenvalue weighted by Crippen LogP contribution is 2.37. The molecule has 1 aliphatic heterocycles. The molecule has 0 bridgehead atoms. The van der Waals surface area contributed by atoms with E-state index in [-0.39, 0.29) is 9.79 Å². The van der Waals surface area contributed by atoms with Gasteiger partial charge in [-0.05, 0) is 54.6 Å². The molecule has 0 amide bonds. The third-order valence-corrected chi connectivity index (χ3v) is 7.92. The van der Waals surface area contributed by atoms with Gasteiger partial charge in [-0.2, -0.15) is 0 Å². The Hall–Kier alpha value is -3.16. The van der Waals surface area contributed by atoms with Crippen molar-refractivity contribution >= 4 is 43.7 Å². The number of anilines is 2. The van der Waals surface area contributed by atoms with Crippen molar-refractivity contribution in [3.63, 3.8) is 0 Å². The molecule has 4 aromatic rings. The molecule has 0 spiro atoms. The van der Waals surface area contributed by atoms with E-state index in [1.165, 1.54) is 30.5 Å². The molecule has 1 aliphatic rings. The van der Waals surface area contributed by atoms with Crippen LogP contribution in [0.15, 0.2) is 88.8 Å². The lowest BCUT2D eigenvalue weighted by atomic mass is 10.1. The van der Waals surface area contributed by atoms with Crippen LogP contribution in [0.2, 0.25) is 5.02 Å². The number of nitrogens with zero attached hydrogens (tertiary/aromatic N) is 3. The van der Waals surface area contributed by atoms with Crippen LogP contribution < -0.4 is 9.80 Å². The van der Waals surface area contributed by atoms with Gasteiger partial charge in [0.15, 0.2) is 0 Å². The number of para-hydroxylation sites is 1. The van der Waals surface area contributed by atoms with Crippen LogP contribution in [0.25, 0.3) is 10.9 Å². The van der Waals surface area contributed by atoms with Crippen LogP contribution in [-0.4, -0.2) is 39.6 Å². The number of sulfone groups is 1. The molecular formula is C25H21ClFN3O2S. The third-order valence-electron chi connectivity index (χ3n) is 5.90. The Labute approximate surface area is 197 Å². The molecule has 0 radical (unpaired) electrons. The lowest BCUT2D eigenvalue weighted by Gasteiger charge is -2.38. The monoisotopic (exact) mass is 481 g/mol. The quantitative estimate of drug-likeness (QED) is 0.401. The zero-order chi connectivity index (χ0) is 23.0. The van der Waals surface area contributed by atoms with Crippen molar-refractivity contribution in [3.8, 4) is 0 Å². The van der Waals surface area contributed by atoms with Gasteiger partial charge in [0.1, 0.15) is 10.7 Å². The second-order valence-corrected chi connectivity index (χ2v) is 10.3. The van der Waals surface area contributed by atoms with Gasteiger partial charge in [0.2, 0.25) is 9.84 Å². The molecule has 5 rings (SSSR count). The Morgan fingerprint density at radius 2 is 1.52 bits per heavy atom. The molecule has 1 saturated heterocycles. The number of halogens is 2. The number of hydrogen-bond acceptors (Lipinski definition) is 5. The van der Waals surface area contributed by atoms with Crippen LogP contribution >= 0.6 is 11.6 Å². The van der Waals surface area contributed by atoms with Gasteiger partial charge in [-0.1, -0.05) is 29.8 Å². The minimum absolute atomic E-state index is 0.0658. The standard InChI is InChI=1S/C25H21ClFN3O2S/c26-18-6-9-21(10-7-18)33(31,32)24-17-28-23-11-8-19(27)16-22(23)25(24)30-14-12-29(13-15-30)20-4-2-1-3-5-20/h1-11,16-17H,12-15H2. The first kappa shape index (κ1) is 21.7. The predicted molar refractivity (Wildman–Crippen MR) is 129 cm³/mol. The number of rotatable bonds is 4. The third kappa shape index (κ3) is 4.14.